The van der Waals surface area contributed by atoms with Crippen molar-refractivity contribution in [3.05, 3.63) is 66.1 Å². The summed E-state index contributed by atoms with van der Waals surface area (Å²) in [4.78, 5) is 17.1. The van der Waals surface area contributed by atoms with Gasteiger partial charge in [-0.1, -0.05) is 38.1 Å². The Morgan fingerprint density at radius 1 is 1.07 bits per heavy atom. The van der Waals surface area contributed by atoms with Crippen molar-refractivity contribution in [2.75, 3.05) is 13.2 Å². The molecule has 1 N–H and O–H groups in total. The van der Waals surface area contributed by atoms with E-state index in [0.29, 0.717) is 24.8 Å². The van der Waals surface area contributed by atoms with E-state index in [0.717, 1.165) is 22.6 Å². The highest BCUT2D eigenvalue weighted by atomic mass is 16.6. The van der Waals surface area contributed by atoms with Gasteiger partial charge >= 0.3 is 0 Å². The lowest BCUT2D eigenvalue weighted by Gasteiger charge is -2.25. The van der Waals surface area contributed by atoms with Crippen molar-refractivity contribution in [2.45, 2.75) is 26.3 Å². The van der Waals surface area contributed by atoms with Gasteiger partial charge < -0.3 is 19.2 Å². The van der Waals surface area contributed by atoms with Crippen LogP contribution in [0.3, 0.4) is 0 Å². The van der Waals surface area contributed by atoms with E-state index < -0.39 is 0 Å². The molecule has 0 saturated carbocycles. The summed E-state index contributed by atoms with van der Waals surface area (Å²) >= 11 is 0. The zero-order chi connectivity index (χ0) is 20.2. The van der Waals surface area contributed by atoms with Gasteiger partial charge in [0.1, 0.15) is 19.5 Å². The molecule has 6 heteroatoms. The van der Waals surface area contributed by atoms with Gasteiger partial charge in [0.15, 0.2) is 11.5 Å². The summed E-state index contributed by atoms with van der Waals surface area (Å²) in [5.41, 5.74) is 2.48. The average molecular weight is 392 g/mol. The van der Waals surface area contributed by atoms with Gasteiger partial charge in [0.05, 0.1) is 18.2 Å². The van der Waals surface area contributed by atoms with Crippen molar-refractivity contribution >= 4 is 5.91 Å². The fourth-order valence-electron chi connectivity index (χ4n) is 3.38. The molecule has 1 amide bonds. The van der Waals surface area contributed by atoms with E-state index in [2.05, 4.69) is 24.1 Å². The molecule has 2 heterocycles. The second-order valence-corrected chi connectivity index (χ2v) is 7.38. The number of carbonyl (C=O) groups is 1. The summed E-state index contributed by atoms with van der Waals surface area (Å²) in [5.74, 6) is 2.08. The van der Waals surface area contributed by atoms with Gasteiger partial charge in [-0.3, -0.25) is 4.79 Å². The Morgan fingerprint density at radius 3 is 2.59 bits per heavy atom. The SMILES string of the molecule is CC(C)C(NC(=O)Cc1coc(-c2ccccc2)n1)c1ccc2c(c1)OCCO2. The van der Waals surface area contributed by atoms with Crippen molar-refractivity contribution in [1.82, 2.24) is 10.3 Å². The number of aromatic nitrogens is 1. The van der Waals surface area contributed by atoms with Gasteiger partial charge in [-0.2, -0.15) is 0 Å². The number of rotatable bonds is 6. The van der Waals surface area contributed by atoms with Crippen LogP contribution in [0.2, 0.25) is 0 Å². The highest BCUT2D eigenvalue weighted by Gasteiger charge is 2.22. The molecule has 4 rings (SSSR count). The Morgan fingerprint density at radius 2 is 1.83 bits per heavy atom. The molecule has 1 aliphatic heterocycles. The minimum absolute atomic E-state index is 0.105. The minimum Gasteiger partial charge on any atom is -0.486 e. The van der Waals surface area contributed by atoms with Gasteiger partial charge in [-0.05, 0) is 35.7 Å². The number of ether oxygens (including phenoxy) is 2. The molecule has 1 atom stereocenters. The van der Waals surface area contributed by atoms with Crippen LogP contribution >= 0.6 is 0 Å². The predicted octanol–water partition coefficient (Wildman–Crippen LogP) is 4.17. The van der Waals surface area contributed by atoms with Gasteiger partial charge in [-0.25, -0.2) is 4.98 Å². The number of nitrogens with one attached hydrogen (secondary N) is 1. The molecular weight excluding hydrogens is 368 g/mol. The number of hydrogen-bond acceptors (Lipinski definition) is 5. The van der Waals surface area contributed by atoms with E-state index in [-0.39, 0.29) is 24.3 Å². The first kappa shape index (κ1) is 19.1. The zero-order valence-corrected chi connectivity index (χ0v) is 16.6. The van der Waals surface area contributed by atoms with E-state index in [4.69, 9.17) is 13.9 Å². The maximum atomic E-state index is 12.7. The third-order valence-corrected chi connectivity index (χ3v) is 4.82. The summed E-state index contributed by atoms with van der Waals surface area (Å²) in [6, 6.07) is 15.3. The molecule has 29 heavy (non-hydrogen) atoms. The predicted molar refractivity (Wildman–Crippen MR) is 109 cm³/mol. The number of benzene rings is 2. The van der Waals surface area contributed by atoms with Crippen LogP contribution in [-0.4, -0.2) is 24.1 Å². The smallest absolute Gasteiger partial charge is 0.226 e. The number of amides is 1. The summed E-state index contributed by atoms with van der Waals surface area (Å²) in [5, 5.41) is 3.12. The summed E-state index contributed by atoms with van der Waals surface area (Å²) in [7, 11) is 0. The molecule has 1 aromatic heterocycles. The fraction of sp³-hybridized carbons (Fsp3) is 0.304. The third kappa shape index (κ3) is 4.42. The molecule has 3 aromatic rings. The molecule has 0 fully saturated rings. The Labute approximate surface area is 169 Å². The minimum atomic E-state index is -0.140. The molecule has 0 saturated heterocycles. The molecule has 0 aliphatic carbocycles. The Balaban J connectivity index is 1.45. The molecule has 0 spiro atoms. The molecule has 1 aliphatic rings. The second-order valence-electron chi connectivity index (χ2n) is 7.38. The van der Waals surface area contributed by atoms with Crippen LogP contribution in [0.15, 0.2) is 59.2 Å². The molecule has 2 aromatic carbocycles. The standard InChI is InChI=1S/C23H24N2O4/c1-15(2)22(17-8-9-19-20(12-17)28-11-10-27-19)25-21(26)13-18-14-29-23(24-18)16-6-4-3-5-7-16/h3-9,12,14-15,22H,10-11,13H2,1-2H3,(H,25,26). The second kappa shape index (κ2) is 8.39. The maximum absolute atomic E-state index is 12.7. The summed E-state index contributed by atoms with van der Waals surface area (Å²) in [6.07, 6.45) is 1.69. The summed E-state index contributed by atoms with van der Waals surface area (Å²) < 4.78 is 16.8. The normalized spacial score (nSPS) is 13.9. The van der Waals surface area contributed by atoms with Crippen LogP contribution < -0.4 is 14.8 Å². The average Bonchev–Trinajstić information content (AvgIpc) is 3.20. The highest BCUT2D eigenvalue weighted by molar-refractivity contribution is 5.78. The number of nitrogens with zero attached hydrogens (tertiary/aromatic N) is 1. The van der Waals surface area contributed by atoms with Crippen LogP contribution in [-0.2, 0) is 11.2 Å². The largest absolute Gasteiger partial charge is 0.486 e. The van der Waals surface area contributed by atoms with Crippen molar-refractivity contribution in [3.63, 3.8) is 0 Å². The number of oxazole rings is 1. The lowest BCUT2D eigenvalue weighted by Crippen LogP contribution is -2.33. The quantitative estimate of drug-likeness (QED) is 0.682. The van der Waals surface area contributed by atoms with E-state index in [1.165, 1.54) is 6.26 Å². The lowest BCUT2D eigenvalue weighted by molar-refractivity contribution is -0.121. The number of carbonyl (C=O) groups excluding carboxylic acids is 1. The maximum Gasteiger partial charge on any atom is 0.226 e. The molecule has 1 unspecified atom stereocenters. The van der Waals surface area contributed by atoms with Crippen LogP contribution in [0.1, 0.15) is 31.1 Å². The van der Waals surface area contributed by atoms with Gasteiger partial charge in [0.25, 0.3) is 0 Å². The topological polar surface area (TPSA) is 73.6 Å². The van der Waals surface area contributed by atoms with E-state index in [1.807, 2.05) is 48.5 Å². The first-order valence-electron chi connectivity index (χ1n) is 9.79. The molecule has 150 valence electrons. The van der Waals surface area contributed by atoms with E-state index in [1.54, 1.807) is 0 Å². The molecular formula is C23H24N2O4. The Bertz CT molecular complexity index is 982. The van der Waals surface area contributed by atoms with Gasteiger partial charge in [0, 0.05) is 5.56 Å². The Kier molecular flexibility index (Phi) is 5.51. The lowest BCUT2D eigenvalue weighted by atomic mass is 9.95. The van der Waals surface area contributed by atoms with Crippen molar-refractivity contribution in [3.8, 4) is 23.0 Å². The van der Waals surface area contributed by atoms with Crippen LogP contribution in [0.4, 0.5) is 0 Å². The van der Waals surface area contributed by atoms with Crippen LogP contribution in [0, 0.1) is 5.92 Å². The third-order valence-electron chi connectivity index (χ3n) is 4.82. The highest BCUT2D eigenvalue weighted by Crippen LogP contribution is 2.34. The van der Waals surface area contributed by atoms with Crippen molar-refractivity contribution in [2.24, 2.45) is 5.92 Å². The number of fused-ring (bicyclic) bond motifs is 1. The fourth-order valence-corrected chi connectivity index (χ4v) is 3.38. The first-order valence-corrected chi connectivity index (χ1v) is 9.79. The molecule has 6 nitrogen and oxygen atoms in total. The summed E-state index contributed by atoms with van der Waals surface area (Å²) in [6.45, 7) is 5.24. The molecule has 0 radical (unpaired) electrons. The molecule has 0 bridgehead atoms. The van der Waals surface area contributed by atoms with Crippen LogP contribution in [0.5, 0.6) is 11.5 Å². The van der Waals surface area contributed by atoms with E-state index in [9.17, 15) is 4.79 Å². The Hall–Kier alpha value is -3.28. The van der Waals surface area contributed by atoms with Gasteiger partial charge in [-0.15, -0.1) is 0 Å². The van der Waals surface area contributed by atoms with Gasteiger partial charge in [0.2, 0.25) is 11.8 Å². The first-order chi connectivity index (χ1) is 14.1. The van der Waals surface area contributed by atoms with Crippen molar-refractivity contribution in [1.29, 1.82) is 0 Å². The van der Waals surface area contributed by atoms with Crippen molar-refractivity contribution < 1.29 is 18.7 Å². The van der Waals surface area contributed by atoms with Crippen LogP contribution in [0.25, 0.3) is 11.5 Å². The zero-order valence-electron chi connectivity index (χ0n) is 16.6. The monoisotopic (exact) mass is 392 g/mol. The van der Waals surface area contributed by atoms with E-state index >= 15 is 0 Å². The number of hydrogen-bond donors (Lipinski definition) is 1.